The van der Waals surface area contributed by atoms with Gasteiger partial charge in [0.05, 0.1) is 37.6 Å². The van der Waals surface area contributed by atoms with Gasteiger partial charge in [-0.25, -0.2) is 0 Å². The number of ketones is 3. The van der Waals surface area contributed by atoms with Crippen molar-refractivity contribution in [1.29, 1.82) is 0 Å². The van der Waals surface area contributed by atoms with Gasteiger partial charge in [0.15, 0.2) is 5.78 Å². The Labute approximate surface area is 412 Å². The smallest absolute Gasteiger partial charge is 0.323 e. The number of methoxy groups -OCH3 is 3. The summed E-state index contributed by atoms with van der Waals surface area (Å²) in [6, 6.07) is -0.686. The highest BCUT2D eigenvalue weighted by Crippen LogP contribution is 2.37. The fourth-order valence-corrected chi connectivity index (χ4v) is 10.6. The van der Waals surface area contributed by atoms with Gasteiger partial charge in [-0.15, -0.1) is 0 Å². The first-order valence-electron chi connectivity index (χ1n) is 25.6. The minimum absolute atomic E-state index is 0.0320. The van der Waals surface area contributed by atoms with Crippen LogP contribution in [-0.4, -0.2) is 153 Å². The maximum absolute atomic E-state index is 14.3. The first-order chi connectivity index (χ1) is 32.9. The minimum Gasteiger partial charge on any atom is -0.460 e. The zero-order valence-electron chi connectivity index (χ0n) is 43.3. The van der Waals surface area contributed by atoms with E-state index in [0.29, 0.717) is 57.1 Å². The first kappa shape index (κ1) is 58.6. The number of fused-ring (bicyclic) bond motifs is 3. The molecule has 0 aromatic heterocycles. The maximum Gasteiger partial charge on any atom is 0.323 e. The Balaban J connectivity index is 1.62. The highest BCUT2D eigenvalue weighted by Gasteiger charge is 2.48. The number of aliphatic hydroxyl groups excluding tert-OH is 2. The lowest BCUT2D eigenvalue weighted by molar-refractivity contribution is -0.268. The Morgan fingerprint density at radius 1 is 0.870 bits per heavy atom. The Bertz CT molecular complexity index is 1760. The van der Waals surface area contributed by atoms with E-state index in [-0.39, 0.29) is 74.0 Å². The molecule has 3 aliphatic heterocycles. The molecule has 1 unspecified atom stereocenters. The second-order valence-corrected chi connectivity index (χ2v) is 20.5. The molecule has 4 aliphatic rings. The third-order valence-corrected chi connectivity index (χ3v) is 15.1. The molecule has 3 fully saturated rings. The van der Waals surface area contributed by atoms with Gasteiger partial charge in [-0.05, 0) is 101 Å². The van der Waals surface area contributed by atoms with Crippen molar-refractivity contribution in [2.75, 3.05) is 54.4 Å². The summed E-state index contributed by atoms with van der Waals surface area (Å²) < 4.78 is 41.7. The van der Waals surface area contributed by atoms with Gasteiger partial charge in [-0.1, -0.05) is 77.5 Å². The van der Waals surface area contributed by atoms with E-state index in [9.17, 15) is 34.5 Å². The van der Waals surface area contributed by atoms with Crippen LogP contribution in [0.3, 0.4) is 0 Å². The third-order valence-electron chi connectivity index (χ3n) is 15.1. The number of hydrogen-bond donors (Lipinski definition) is 3. The van der Waals surface area contributed by atoms with Gasteiger partial charge in [0.2, 0.25) is 11.6 Å². The summed E-state index contributed by atoms with van der Waals surface area (Å²) in [5.41, 5.74) is 1.37. The van der Waals surface area contributed by atoms with Crippen LogP contribution in [0.4, 0.5) is 0 Å². The van der Waals surface area contributed by atoms with Gasteiger partial charge in [-0.3, -0.25) is 24.1 Å². The lowest BCUT2D eigenvalue weighted by Crippen LogP contribution is -2.55. The number of aliphatic hydroxyl groups is 3. The fraction of sp³-hybridized carbons (Fsp3) is 0.778. The van der Waals surface area contributed by atoms with Crippen molar-refractivity contribution in [2.45, 2.75) is 180 Å². The molecule has 3 heterocycles. The molecule has 2 saturated heterocycles. The number of piperidine rings is 1. The number of carbonyl (C=O) groups is 4. The Kier molecular flexibility index (Phi) is 24.6. The molecule has 4 rings (SSSR count). The van der Waals surface area contributed by atoms with Crippen LogP contribution in [0.15, 0.2) is 47.6 Å². The molecule has 0 amide bonds. The second kappa shape index (κ2) is 28.9. The maximum atomic E-state index is 14.3. The van der Waals surface area contributed by atoms with Crippen molar-refractivity contribution in [2.24, 2.45) is 35.5 Å². The van der Waals surface area contributed by atoms with Crippen molar-refractivity contribution in [1.82, 2.24) is 4.90 Å². The number of hydrogen-bond acceptors (Lipinski definition) is 15. The standard InChI is InChI=1S/C54H87NO14/c1-34-16-12-11-13-17-35(2)46(63-8)30-42-21-19-40(7)54(62,69-42)49(58)32-66-33-55-23-15-14-18-43(55)53(61)68-47(37(4)28-41-20-22-45(67-25-24-56)48(29-41)64-9)31-44(57)36(3)27-39(6)51(60)52(65-10)50(59)38(5)26-34/h11-13,16-17,27,34,36-38,40-43,45-48,51-52,56,60,62H,14-15,18-26,28-33H2,1-10H3/b13-11+,16-12+,35-17+,39-27+/t34-,36-,37?,38-,40-,41+,42+,43+,45-,46+,47+,48-,51-,52+,54-/m1/s1. The number of esters is 1. The normalized spacial score (nSPS) is 39.3. The van der Waals surface area contributed by atoms with Crippen LogP contribution in [0.1, 0.15) is 126 Å². The summed E-state index contributed by atoms with van der Waals surface area (Å²) in [5.74, 6) is -5.13. The van der Waals surface area contributed by atoms with Crippen LogP contribution in [0.2, 0.25) is 0 Å². The summed E-state index contributed by atoms with van der Waals surface area (Å²) in [7, 11) is 4.68. The molecule has 3 N–H and O–H groups in total. The largest absolute Gasteiger partial charge is 0.460 e. The molecule has 1 aliphatic carbocycles. The van der Waals surface area contributed by atoms with Gasteiger partial charge < -0.3 is 48.5 Å². The van der Waals surface area contributed by atoms with Crippen molar-refractivity contribution in [3.05, 3.63) is 47.6 Å². The van der Waals surface area contributed by atoms with Gasteiger partial charge in [0, 0.05) is 58.5 Å². The van der Waals surface area contributed by atoms with E-state index < -0.39 is 72.4 Å². The minimum atomic E-state index is -2.06. The van der Waals surface area contributed by atoms with Crippen molar-refractivity contribution in [3.63, 3.8) is 0 Å². The number of ether oxygens (including phenoxy) is 7. The molecular weight excluding hydrogens is 887 g/mol. The lowest BCUT2D eigenvalue weighted by atomic mass is 9.78. The quantitative estimate of drug-likeness (QED) is 0.164. The van der Waals surface area contributed by atoms with Gasteiger partial charge >= 0.3 is 5.97 Å². The summed E-state index contributed by atoms with van der Waals surface area (Å²) in [4.78, 5) is 57.9. The molecule has 1 saturated carbocycles. The third kappa shape index (κ3) is 17.1. The first-order valence-corrected chi connectivity index (χ1v) is 25.6. The predicted molar refractivity (Wildman–Crippen MR) is 262 cm³/mol. The zero-order chi connectivity index (χ0) is 50.8. The molecule has 392 valence electrons. The van der Waals surface area contributed by atoms with Crippen LogP contribution < -0.4 is 0 Å². The molecule has 0 aromatic rings. The van der Waals surface area contributed by atoms with Crippen molar-refractivity contribution >= 4 is 23.3 Å². The van der Waals surface area contributed by atoms with E-state index in [1.165, 1.54) is 7.11 Å². The second-order valence-electron chi connectivity index (χ2n) is 20.5. The van der Waals surface area contributed by atoms with Gasteiger partial charge in [0.1, 0.15) is 43.5 Å². The molecule has 69 heavy (non-hydrogen) atoms. The molecule has 0 radical (unpaired) electrons. The van der Waals surface area contributed by atoms with E-state index >= 15 is 0 Å². The molecule has 2 bridgehead atoms. The lowest BCUT2D eigenvalue weighted by Gasteiger charge is -2.41. The number of carbonyl (C=O) groups excluding carboxylic acids is 4. The highest BCUT2D eigenvalue weighted by molar-refractivity contribution is 5.87. The van der Waals surface area contributed by atoms with E-state index in [2.05, 4.69) is 0 Å². The van der Waals surface area contributed by atoms with Crippen molar-refractivity contribution in [3.8, 4) is 0 Å². The Hall–Kier alpha value is -2.96. The molecule has 0 aromatic carbocycles. The van der Waals surface area contributed by atoms with Crippen LogP contribution in [0, 0.1) is 35.5 Å². The van der Waals surface area contributed by atoms with Crippen LogP contribution in [0.25, 0.3) is 0 Å². The average Bonchev–Trinajstić information content (AvgIpc) is 3.33. The van der Waals surface area contributed by atoms with Crippen LogP contribution in [-0.2, 0) is 52.3 Å². The monoisotopic (exact) mass is 974 g/mol. The number of allylic oxidation sites excluding steroid dienone is 6. The number of rotatable bonds is 9. The Morgan fingerprint density at radius 3 is 2.32 bits per heavy atom. The Morgan fingerprint density at radius 2 is 1.62 bits per heavy atom. The van der Waals surface area contributed by atoms with E-state index in [0.717, 1.165) is 31.3 Å². The number of nitrogens with zero attached hydrogens (tertiary/aromatic N) is 1. The molecule has 0 spiro atoms. The van der Waals surface area contributed by atoms with Crippen LogP contribution in [0.5, 0.6) is 0 Å². The SMILES string of the molecule is CO[C@H]1C[C@@H]2CC[C@@H](C)[C@@](O)(O2)C(=O)COCN2CCCC[C@H]2C(=O)O[C@H](C(C)C[C@@H]2CC[C@@H](OCCO)[C@H](OC)C2)CC(=O)[C@H](C)/C=C(\C)[C@@H](O)[C@@H](OC)C(=O)[C@H](C)C[C@H](C)/C=C/C=C/C=C/1C. The molecule has 15 nitrogen and oxygen atoms in total. The summed E-state index contributed by atoms with van der Waals surface area (Å²) >= 11 is 0. The van der Waals surface area contributed by atoms with E-state index in [4.69, 9.17) is 33.2 Å². The van der Waals surface area contributed by atoms with Gasteiger partial charge in [0.25, 0.3) is 0 Å². The number of cyclic esters (lactones) is 1. The van der Waals surface area contributed by atoms with Crippen LogP contribution >= 0.6 is 0 Å². The predicted octanol–water partition coefficient (Wildman–Crippen LogP) is 6.64. The van der Waals surface area contributed by atoms with Crippen molar-refractivity contribution < 1.29 is 67.7 Å². The molecule has 15 heteroatoms. The molecular formula is C54H87NO14. The average molecular weight is 974 g/mol. The molecule has 15 atom stereocenters. The fourth-order valence-electron chi connectivity index (χ4n) is 10.6. The van der Waals surface area contributed by atoms with E-state index in [1.54, 1.807) is 41.1 Å². The van der Waals surface area contributed by atoms with E-state index in [1.807, 2.05) is 63.0 Å². The topological polar surface area (TPSA) is 197 Å². The highest BCUT2D eigenvalue weighted by atomic mass is 16.6. The number of Topliss-reactive ketones (excluding diaryl/α,β-unsaturated/α-hetero) is 3. The summed E-state index contributed by atoms with van der Waals surface area (Å²) in [5, 5.41) is 32.6. The summed E-state index contributed by atoms with van der Waals surface area (Å²) in [6.07, 6.45) is 14.2. The summed E-state index contributed by atoms with van der Waals surface area (Å²) in [6.45, 7) is 13.2. The van der Waals surface area contributed by atoms with Gasteiger partial charge in [-0.2, -0.15) is 0 Å². The zero-order valence-corrected chi connectivity index (χ0v) is 43.3.